The number of carbonyl (C=O) groups is 1. The van der Waals surface area contributed by atoms with Gasteiger partial charge in [-0.1, -0.05) is 62.7 Å². The highest BCUT2D eigenvalue weighted by Gasteiger charge is 2.33. The number of aromatic nitrogens is 1. The van der Waals surface area contributed by atoms with Crippen molar-refractivity contribution in [2.45, 2.75) is 60.0 Å². The molecule has 5 aromatic rings. The van der Waals surface area contributed by atoms with Gasteiger partial charge in [-0.3, -0.25) is 4.79 Å². The summed E-state index contributed by atoms with van der Waals surface area (Å²) in [5.74, 6) is 1.22. The van der Waals surface area contributed by atoms with Gasteiger partial charge in [-0.2, -0.15) is 0 Å². The maximum atomic E-state index is 13.7. The van der Waals surface area contributed by atoms with E-state index in [0.717, 1.165) is 69.3 Å². The molecule has 5 nitrogen and oxygen atoms in total. The molecule has 1 amide bonds. The Balaban J connectivity index is 1.38. The first-order valence-electron chi connectivity index (χ1n) is 14.5. The summed E-state index contributed by atoms with van der Waals surface area (Å²) < 4.78 is 7.78. The van der Waals surface area contributed by atoms with Crippen LogP contribution in [0.5, 0.6) is 0 Å². The first-order valence-corrected chi connectivity index (χ1v) is 15.7. The SMILES string of the molecule is Cc1c(C=Nc2sc3c(c2C(=O)NCc2ccco2)CC[C@H](C(C)(C)C)C3)c2ccccc2n1Cc1ccc(Cl)cc1. The smallest absolute Gasteiger partial charge is 0.255 e. The Hall–Kier alpha value is -3.61. The Morgan fingerprint density at radius 1 is 1.14 bits per heavy atom. The van der Waals surface area contributed by atoms with Crippen molar-refractivity contribution in [1.29, 1.82) is 0 Å². The molecule has 0 spiro atoms. The summed E-state index contributed by atoms with van der Waals surface area (Å²) in [6.07, 6.45) is 6.54. The summed E-state index contributed by atoms with van der Waals surface area (Å²) in [7, 11) is 0. The Morgan fingerprint density at radius 2 is 1.93 bits per heavy atom. The molecule has 0 fully saturated rings. The van der Waals surface area contributed by atoms with Crippen LogP contribution in [0.15, 0.2) is 76.3 Å². The van der Waals surface area contributed by atoms with Gasteiger partial charge in [0.05, 0.1) is 18.4 Å². The van der Waals surface area contributed by atoms with Crippen molar-refractivity contribution < 1.29 is 9.21 Å². The number of rotatable bonds is 7. The number of aliphatic imine (C=N–C) groups is 1. The minimum absolute atomic E-state index is 0.0906. The lowest BCUT2D eigenvalue weighted by Gasteiger charge is -2.33. The van der Waals surface area contributed by atoms with Crippen molar-refractivity contribution in [3.8, 4) is 0 Å². The maximum absolute atomic E-state index is 13.7. The molecule has 0 saturated carbocycles. The summed E-state index contributed by atoms with van der Waals surface area (Å²) in [6.45, 7) is 10.2. The van der Waals surface area contributed by atoms with E-state index in [1.165, 1.54) is 10.4 Å². The predicted molar refractivity (Wildman–Crippen MR) is 174 cm³/mol. The van der Waals surface area contributed by atoms with E-state index in [4.69, 9.17) is 21.0 Å². The van der Waals surface area contributed by atoms with Gasteiger partial charge in [0.1, 0.15) is 10.8 Å². The second-order valence-corrected chi connectivity index (χ2v) is 13.8. The van der Waals surface area contributed by atoms with E-state index in [9.17, 15) is 4.79 Å². The number of nitrogens with one attached hydrogen (secondary N) is 1. The Kier molecular flexibility index (Phi) is 7.86. The standard InChI is InChI=1S/C35H36ClN3O2S/c1-22-29(27-9-5-6-10-30(27)39(22)21-23-11-14-25(36)15-12-23)20-38-34-32(33(40)37-19-26-8-7-17-41-26)28-16-13-24(35(2,3)4)18-31(28)42-34/h5-12,14-15,17,20,24H,13,16,18-19,21H2,1-4H3,(H,37,40)/t24-/m0/s1. The highest BCUT2D eigenvalue weighted by Crippen LogP contribution is 2.45. The molecule has 42 heavy (non-hydrogen) atoms. The van der Waals surface area contributed by atoms with E-state index in [-0.39, 0.29) is 11.3 Å². The van der Waals surface area contributed by atoms with E-state index in [1.54, 1.807) is 17.6 Å². The van der Waals surface area contributed by atoms with Crippen LogP contribution in [0.2, 0.25) is 5.02 Å². The zero-order valence-corrected chi connectivity index (χ0v) is 26.1. The average Bonchev–Trinajstić information content (AvgIpc) is 3.68. The molecule has 1 aliphatic rings. The fourth-order valence-corrected chi connectivity index (χ4v) is 7.42. The van der Waals surface area contributed by atoms with Crippen LogP contribution >= 0.6 is 22.9 Å². The fraction of sp³-hybridized carbons (Fsp3) is 0.314. The molecular weight excluding hydrogens is 562 g/mol. The summed E-state index contributed by atoms with van der Waals surface area (Å²) in [6, 6.07) is 20.1. The Labute approximate surface area is 256 Å². The maximum Gasteiger partial charge on any atom is 0.255 e. The van der Waals surface area contributed by atoms with E-state index < -0.39 is 0 Å². The molecule has 1 aliphatic carbocycles. The van der Waals surface area contributed by atoms with Gasteiger partial charge in [0.2, 0.25) is 0 Å². The minimum Gasteiger partial charge on any atom is -0.467 e. The predicted octanol–water partition coefficient (Wildman–Crippen LogP) is 9.14. The molecule has 1 atom stereocenters. The first-order chi connectivity index (χ1) is 20.2. The summed E-state index contributed by atoms with van der Waals surface area (Å²) in [5.41, 5.74) is 6.63. The molecule has 0 aliphatic heterocycles. The number of nitrogens with zero attached hydrogens (tertiary/aromatic N) is 2. The Bertz CT molecular complexity index is 1750. The molecule has 0 radical (unpaired) electrons. The van der Waals surface area contributed by atoms with Crippen molar-refractivity contribution in [2.24, 2.45) is 16.3 Å². The van der Waals surface area contributed by atoms with Gasteiger partial charge in [-0.05, 0) is 79.0 Å². The van der Waals surface area contributed by atoms with E-state index in [2.05, 4.69) is 74.0 Å². The summed E-state index contributed by atoms with van der Waals surface area (Å²) in [4.78, 5) is 20.0. The lowest BCUT2D eigenvalue weighted by atomic mass is 9.72. The van der Waals surface area contributed by atoms with Crippen molar-refractivity contribution in [2.75, 3.05) is 0 Å². The Morgan fingerprint density at radius 3 is 2.67 bits per heavy atom. The topological polar surface area (TPSA) is 59.5 Å². The largest absolute Gasteiger partial charge is 0.467 e. The van der Waals surface area contributed by atoms with Crippen molar-refractivity contribution in [3.63, 3.8) is 0 Å². The molecule has 0 unspecified atom stereocenters. The lowest BCUT2D eigenvalue weighted by molar-refractivity contribution is 0.0947. The zero-order chi connectivity index (χ0) is 29.4. The van der Waals surface area contributed by atoms with Crippen molar-refractivity contribution in [1.82, 2.24) is 9.88 Å². The van der Waals surface area contributed by atoms with E-state index in [1.807, 2.05) is 30.5 Å². The number of hydrogen-bond donors (Lipinski definition) is 1. The lowest BCUT2D eigenvalue weighted by Crippen LogP contribution is -2.28. The number of thiophene rings is 1. The molecule has 2 aromatic carbocycles. The summed E-state index contributed by atoms with van der Waals surface area (Å²) in [5, 5.41) is 5.74. The van der Waals surface area contributed by atoms with Gasteiger partial charge < -0.3 is 14.3 Å². The first kappa shape index (κ1) is 28.5. The van der Waals surface area contributed by atoms with Crippen molar-refractivity contribution in [3.05, 3.63) is 111 Å². The average molecular weight is 598 g/mol. The van der Waals surface area contributed by atoms with Crippen LogP contribution in [0.25, 0.3) is 10.9 Å². The van der Waals surface area contributed by atoms with E-state index in [0.29, 0.717) is 18.0 Å². The van der Waals surface area contributed by atoms with Crippen LogP contribution in [0.1, 0.15) is 70.6 Å². The number of carbonyl (C=O) groups excluding carboxylic acids is 1. The highest BCUT2D eigenvalue weighted by molar-refractivity contribution is 7.16. The van der Waals surface area contributed by atoms with Crippen LogP contribution in [-0.4, -0.2) is 16.7 Å². The van der Waals surface area contributed by atoms with E-state index >= 15 is 0 Å². The molecular formula is C35H36ClN3O2S. The van der Waals surface area contributed by atoms with Gasteiger partial charge in [0.25, 0.3) is 5.91 Å². The number of benzene rings is 2. The fourth-order valence-electron chi connectivity index (χ4n) is 6.02. The normalized spacial score (nSPS) is 15.4. The molecule has 216 valence electrons. The number of para-hydroxylation sites is 1. The molecule has 6 rings (SSSR count). The van der Waals surface area contributed by atoms with Gasteiger partial charge in [-0.25, -0.2) is 4.99 Å². The summed E-state index contributed by atoms with van der Waals surface area (Å²) >= 11 is 7.81. The van der Waals surface area contributed by atoms with Crippen LogP contribution in [-0.2, 0) is 25.9 Å². The monoisotopic (exact) mass is 597 g/mol. The van der Waals surface area contributed by atoms with Gasteiger partial charge in [0.15, 0.2) is 0 Å². The number of furan rings is 1. The molecule has 0 bridgehead atoms. The van der Waals surface area contributed by atoms with Crippen LogP contribution < -0.4 is 5.32 Å². The molecule has 0 saturated heterocycles. The minimum atomic E-state index is -0.0906. The number of fused-ring (bicyclic) bond motifs is 2. The van der Waals surface area contributed by atoms with Gasteiger partial charge in [0, 0.05) is 44.8 Å². The third kappa shape index (κ3) is 5.70. The zero-order valence-electron chi connectivity index (χ0n) is 24.5. The van der Waals surface area contributed by atoms with Crippen molar-refractivity contribution >= 4 is 51.0 Å². The second kappa shape index (κ2) is 11.6. The van der Waals surface area contributed by atoms with Gasteiger partial charge >= 0.3 is 0 Å². The molecule has 3 heterocycles. The molecule has 3 aromatic heterocycles. The number of halogens is 1. The third-order valence-corrected chi connectivity index (χ3v) is 9.96. The number of hydrogen-bond acceptors (Lipinski definition) is 4. The third-order valence-electron chi connectivity index (χ3n) is 8.55. The van der Waals surface area contributed by atoms with Crippen LogP contribution in [0.3, 0.4) is 0 Å². The van der Waals surface area contributed by atoms with Crippen LogP contribution in [0, 0.1) is 18.3 Å². The second-order valence-electron chi connectivity index (χ2n) is 12.2. The molecule has 1 N–H and O–H groups in total. The van der Waals surface area contributed by atoms with Gasteiger partial charge in [-0.15, -0.1) is 11.3 Å². The highest BCUT2D eigenvalue weighted by atomic mass is 35.5. The number of amides is 1. The van der Waals surface area contributed by atoms with Crippen LogP contribution in [0.4, 0.5) is 5.00 Å². The molecule has 7 heteroatoms. The quantitative estimate of drug-likeness (QED) is 0.190.